The standard InChI is InChI=1S/C27H24N2O7S2/c1-19-16-17-20(2)26(18-19)38(33,34)36-25-15-9-7-13-23(25)29-27(30)28-22-12-6-8-14-24(22)35-37(31,32)21-10-4-3-5-11-21/h3-18H,1-2H3,(H2,28,29,30). The fourth-order valence-corrected chi connectivity index (χ4v) is 5.69. The first-order chi connectivity index (χ1) is 18.0. The first-order valence-corrected chi connectivity index (χ1v) is 14.1. The van der Waals surface area contributed by atoms with Crippen molar-refractivity contribution < 1.29 is 30.0 Å². The molecule has 0 unspecified atom stereocenters. The van der Waals surface area contributed by atoms with Crippen LogP contribution in [0.25, 0.3) is 0 Å². The van der Waals surface area contributed by atoms with E-state index in [1.807, 2.05) is 0 Å². The van der Waals surface area contributed by atoms with Gasteiger partial charge >= 0.3 is 26.3 Å². The second kappa shape index (κ2) is 11.0. The van der Waals surface area contributed by atoms with E-state index in [9.17, 15) is 21.6 Å². The van der Waals surface area contributed by atoms with Crippen LogP contribution in [-0.2, 0) is 20.2 Å². The molecule has 38 heavy (non-hydrogen) atoms. The molecule has 4 aromatic carbocycles. The molecule has 4 aromatic rings. The highest BCUT2D eigenvalue weighted by atomic mass is 32.2. The molecule has 9 nitrogen and oxygen atoms in total. The van der Waals surface area contributed by atoms with Crippen molar-refractivity contribution in [1.82, 2.24) is 0 Å². The molecule has 0 aliphatic rings. The minimum atomic E-state index is -4.20. The third-order valence-electron chi connectivity index (χ3n) is 5.31. The Morgan fingerprint density at radius 3 is 1.71 bits per heavy atom. The van der Waals surface area contributed by atoms with Crippen LogP contribution in [0, 0.1) is 13.8 Å². The number of hydrogen-bond donors (Lipinski definition) is 2. The average Bonchev–Trinajstić information content (AvgIpc) is 2.88. The molecular weight excluding hydrogens is 528 g/mol. The molecule has 0 aliphatic carbocycles. The van der Waals surface area contributed by atoms with Gasteiger partial charge in [-0.1, -0.05) is 54.6 Å². The summed E-state index contributed by atoms with van der Waals surface area (Å²) in [6.07, 6.45) is 0. The number of carbonyl (C=O) groups is 1. The Morgan fingerprint density at radius 1 is 0.632 bits per heavy atom. The summed E-state index contributed by atoms with van der Waals surface area (Å²) in [7, 11) is -8.34. The van der Waals surface area contributed by atoms with Gasteiger partial charge in [-0.3, -0.25) is 0 Å². The Labute approximate surface area is 221 Å². The van der Waals surface area contributed by atoms with Crippen LogP contribution in [0.1, 0.15) is 11.1 Å². The van der Waals surface area contributed by atoms with E-state index in [-0.39, 0.29) is 32.7 Å². The maximum Gasteiger partial charge on any atom is 0.339 e. The van der Waals surface area contributed by atoms with Gasteiger partial charge in [0.05, 0.1) is 11.4 Å². The van der Waals surface area contributed by atoms with Crippen LogP contribution < -0.4 is 19.0 Å². The van der Waals surface area contributed by atoms with Gasteiger partial charge in [-0.15, -0.1) is 0 Å². The monoisotopic (exact) mass is 552 g/mol. The molecule has 2 amide bonds. The predicted molar refractivity (Wildman–Crippen MR) is 144 cm³/mol. The minimum Gasteiger partial charge on any atom is -0.377 e. The molecule has 0 saturated carbocycles. The summed E-state index contributed by atoms with van der Waals surface area (Å²) in [6.45, 7) is 3.43. The highest BCUT2D eigenvalue weighted by Crippen LogP contribution is 2.30. The van der Waals surface area contributed by atoms with Crippen LogP contribution in [0.3, 0.4) is 0 Å². The topological polar surface area (TPSA) is 128 Å². The maximum atomic E-state index is 13.0. The van der Waals surface area contributed by atoms with E-state index in [0.717, 1.165) is 5.56 Å². The number of para-hydroxylation sites is 4. The normalized spacial score (nSPS) is 11.4. The third kappa shape index (κ3) is 6.31. The number of hydrogen-bond acceptors (Lipinski definition) is 7. The molecular formula is C27H24N2O7S2. The van der Waals surface area contributed by atoms with Gasteiger partial charge in [0, 0.05) is 0 Å². The quantitative estimate of drug-likeness (QED) is 0.277. The van der Waals surface area contributed by atoms with Crippen LogP contribution in [0.4, 0.5) is 16.2 Å². The summed E-state index contributed by atoms with van der Waals surface area (Å²) in [5, 5.41) is 5.06. The largest absolute Gasteiger partial charge is 0.377 e. The Hall–Kier alpha value is -4.35. The molecule has 0 spiro atoms. The van der Waals surface area contributed by atoms with Crippen molar-refractivity contribution in [1.29, 1.82) is 0 Å². The fourth-order valence-electron chi connectivity index (χ4n) is 3.45. The zero-order valence-electron chi connectivity index (χ0n) is 20.4. The van der Waals surface area contributed by atoms with Crippen molar-refractivity contribution in [3.63, 3.8) is 0 Å². The average molecular weight is 553 g/mol. The van der Waals surface area contributed by atoms with E-state index < -0.39 is 26.3 Å². The van der Waals surface area contributed by atoms with Gasteiger partial charge in [0.25, 0.3) is 0 Å². The number of carbonyl (C=O) groups excluding carboxylic acids is 1. The van der Waals surface area contributed by atoms with Crippen molar-refractivity contribution in [2.45, 2.75) is 23.6 Å². The summed E-state index contributed by atoms with van der Waals surface area (Å²) >= 11 is 0. The lowest BCUT2D eigenvalue weighted by atomic mass is 10.2. The van der Waals surface area contributed by atoms with Gasteiger partial charge in [0.15, 0.2) is 11.5 Å². The van der Waals surface area contributed by atoms with Crippen molar-refractivity contribution in [2.24, 2.45) is 0 Å². The van der Waals surface area contributed by atoms with Gasteiger partial charge in [-0.2, -0.15) is 16.8 Å². The van der Waals surface area contributed by atoms with Gasteiger partial charge in [-0.25, -0.2) is 4.79 Å². The zero-order chi connectivity index (χ0) is 27.3. The Morgan fingerprint density at radius 2 is 1.13 bits per heavy atom. The number of benzene rings is 4. The highest BCUT2D eigenvalue weighted by molar-refractivity contribution is 7.87. The molecule has 0 saturated heterocycles. The summed E-state index contributed by atoms with van der Waals surface area (Å²) in [6, 6.07) is 23.8. The molecule has 0 bridgehead atoms. The van der Waals surface area contributed by atoms with Crippen molar-refractivity contribution in [3.8, 4) is 11.5 Å². The molecule has 0 radical (unpaired) electrons. The molecule has 2 N–H and O–H groups in total. The van der Waals surface area contributed by atoms with Crippen LogP contribution in [0.5, 0.6) is 11.5 Å². The Balaban J connectivity index is 1.53. The number of nitrogens with one attached hydrogen (secondary N) is 2. The van der Waals surface area contributed by atoms with Gasteiger partial charge in [0.2, 0.25) is 0 Å². The van der Waals surface area contributed by atoms with Crippen LogP contribution in [0.2, 0.25) is 0 Å². The number of anilines is 2. The van der Waals surface area contributed by atoms with Crippen molar-refractivity contribution in [3.05, 3.63) is 108 Å². The van der Waals surface area contributed by atoms with Crippen molar-refractivity contribution >= 4 is 37.6 Å². The van der Waals surface area contributed by atoms with E-state index in [1.54, 1.807) is 68.4 Å². The zero-order valence-corrected chi connectivity index (χ0v) is 22.0. The molecule has 0 aliphatic heterocycles. The number of rotatable bonds is 8. The predicted octanol–water partition coefficient (Wildman–Crippen LogP) is 5.48. The molecule has 4 rings (SSSR count). The highest BCUT2D eigenvalue weighted by Gasteiger charge is 2.22. The first-order valence-electron chi connectivity index (χ1n) is 11.3. The van der Waals surface area contributed by atoms with Crippen molar-refractivity contribution in [2.75, 3.05) is 10.6 Å². The number of amides is 2. The van der Waals surface area contributed by atoms with Crippen LogP contribution in [0.15, 0.2) is 107 Å². The summed E-state index contributed by atoms with van der Waals surface area (Å²) in [5.74, 6) is -0.201. The smallest absolute Gasteiger partial charge is 0.339 e. The minimum absolute atomic E-state index is 0.0162. The molecule has 0 fully saturated rings. The van der Waals surface area contributed by atoms with Gasteiger partial charge < -0.3 is 19.0 Å². The maximum absolute atomic E-state index is 13.0. The lowest BCUT2D eigenvalue weighted by Gasteiger charge is -2.15. The van der Waals surface area contributed by atoms with E-state index in [0.29, 0.717) is 5.56 Å². The molecule has 0 heterocycles. The summed E-state index contributed by atoms with van der Waals surface area (Å²) < 4.78 is 61.9. The molecule has 196 valence electrons. The van der Waals surface area contributed by atoms with E-state index in [1.165, 1.54) is 42.5 Å². The lowest BCUT2D eigenvalue weighted by molar-refractivity contribution is 0.262. The number of urea groups is 1. The van der Waals surface area contributed by atoms with Gasteiger partial charge in [0.1, 0.15) is 9.79 Å². The second-order valence-corrected chi connectivity index (χ2v) is 11.3. The van der Waals surface area contributed by atoms with Gasteiger partial charge in [-0.05, 0) is 67.4 Å². The second-order valence-electron chi connectivity index (χ2n) is 8.23. The Bertz CT molecular complexity index is 1690. The van der Waals surface area contributed by atoms with Crippen LogP contribution in [-0.4, -0.2) is 22.9 Å². The SMILES string of the molecule is Cc1ccc(C)c(S(=O)(=O)Oc2ccccc2NC(=O)Nc2ccccc2OS(=O)(=O)c2ccccc2)c1. The number of aryl methyl sites for hydroxylation is 2. The Kier molecular flexibility index (Phi) is 7.70. The molecule has 0 aromatic heterocycles. The lowest BCUT2D eigenvalue weighted by Crippen LogP contribution is -2.21. The fraction of sp³-hybridized carbons (Fsp3) is 0.0741. The van der Waals surface area contributed by atoms with E-state index in [4.69, 9.17) is 8.37 Å². The third-order valence-corrected chi connectivity index (χ3v) is 7.94. The first kappa shape index (κ1) is 26.7. The van der Waals surface area contributed by atoms with E-state index >= 15 is 0 Å². The summed E-state index contributed by atoms with van der Waals surface area (Å²) in [5.41, 5.74) is 1.42. The molecule has 11 heteroatoms. The summed E-state index contributed by atoms with van der Waals surface area (Å²) in [4.78, 5) is 12.8. The molecule has 0 atom stereocenters. The van der Waals surface area contributed by atoms with Crippen LogP contribution >= 0.6 is 0 Å². The van der Waals surface area contributed by atoms with E-state index in [2.05, 4.69) is 10.6 Å².